The number of imidazole rings is 1. The summed E-state index contributed by atoms with van der Waals surface area (Å²) in [7, 11) is 1.98. The number of aromatic nitrogens is 6. The smallest absolute Gasteiger partial charge is 0.226 e. The molecular formula is C27H26N8O2. The van der Waals surface area contributed by atoms with Gasteiger partial charge < -0.3 is 24.3 Å². The lowest BCUT2D eigenvalue weighted by Gasteiger charge is -2.33. The van der Waals surface area contributed by atoms with Crippen molar-refractivity contribution in [3.8, 4) is 11.5 Å². The van der Waals surface area contributed by atoms with Crippen LogP contribution in [0.1, 0.15) is 18.4 Å². The highest BCUT2D eigenvalue weighted by Gasteiger charge is 2.48. The van der Waals surface area contributed by atoms with Crippen molar-refractivity contribution in [2.45, 2.75) is 25.4 Å². The molecular weight excluding hydrogens is 468 g/mol. The molecule has 4 heterocycles. The molecule has 0 atom stereocenters. The zero-order valence-corrected chi connectivity index (χ0v) is 20.7. The fourth-order valence-corrected chi connectivity index (χ4v) is 4.83. The molecule has 1 saturated heterocycles. The Bertz CT molecular complexity index is 1640. The van der Waals surface area contributed by atoms with Crippen molar-refractivity contribution in [1.82, 2.24) is 29.5 Å². The Labute approximate surface area is 213 Å². The SMILES string of the molecule is Cc1cc(Nc2ncnc3cnc(N4CCOC5(CC5)C4)nc23)ccc1Oc1ccc2c(c1)ncn2C. The van der Waals surface area contributed by atoms with Crippen LogP contribution in [-0.2, 0) is 11.8 Å². The Morgan fingerprint density at radius 1 is 1.03 bits per heavy atom. The number of nitrogens with one attached hydrogen (secondary N) is 1. The van der Waals surface area contributed by atoms with Gasteiger partial charge in [0.15, 0.2) is 5.82 Å². The summed E-state index contributed by atoms with van der Waals surface area (Å²) in [6.45, 7) is 4.31. The zero-order chi connectivity index (χ0) is 25.0. The first-order chi connectivity index (χ1) is 18.1. The molecule has 1 spiro atoms. The number of aryl methyl sites for hydroxylation is 2. The molecule has 10 nitrogen and oxygen atoms in total. The van der Waals surface area contributed by atoms with Gasteiger partial charge in [0.2, 0.25) is 5.95 Å². The van der Waals surface area contributed by atoms with Gasteiger partial charge in [-0.3, -0.25) is 0 Å². The largest absolute Gasteiger partial charge is 0.457 e. The molecule has 10 heteroatoms. The monoisotopic (exact) mass is 494 g/mol. The van der Waals surface area contributed by atoms with Gasteiger partial charge in [-0.2, -0.15) is 0 Å². The van der Waals surface area contributed by atoms with Crippen LogP contribution in [0, 0.1) is 6.92 Å². The van der Waals surface area contributed by atoms with E-state index in [4.69, 9.17) is 14.5 Å². The van der Waals surface area contributed by atoms with Crippen LogP contribution in [-0.4, -0.2) is 54.8 Å². The minimum absolute atomic E-state index is 0.00443. The molecule has 0 radical (unpaired) electrons. The standard InChI is InChI=1S/C27H26N8O2/c1-17-11-18(3-6-23(17)37-19-4-5-22-20(12-19)31-16-34(22)2)32-25-24-21(29-15-30-25)13-28-26(33-24)35-9-10-36-27(14-35)7-8-27/h3-6,11-13,15-16H,7-10,14H2,1-2H3,(H,29,30,32). The average Bonchev–Trinajstić information content (AvgIpc) is 3.55. The number of benzene rings is 2. The van der Waals surface area contributed by atoms with E-state index in [-0.39, 0.29) is 5.60 Å². The van der Waals surface area contributed by atoms with Gasteiger partial charge in [0.25, 0.3) is 0 Å². The molecule has 1 saturated carbocycles. The normalized spacial score (nSPS) is 16.4. The third-order valence-corrected chi connectivity index (χ3v) is 7.07. The number of hydrogen-bond donors (Lipinski definition) is 1. The predicted octanol–water partition coefficient (Wildman–Crippen LogP) is 4.52. The maximum absolute atomic E-state index is 6.17. The first-order valence-electron chi connectivity index (χ1n) is 12.4. The maximum atomic E-state index is 6.17. The molecule has 5 aromatic rings. The summed E-state index contributed by atoms with van der Waals surface area (Å²) in [6.07, 6.45) is 7.29. The van der Waals surface area contributed by atoms with E-state index in [1.807, 2.05) is 54.9 Å². The van der Waals surface area contributed by atoms with Crippen LogP contribution < -0.4 is 15.0 Å². The van der Waals surface area contributed by atoms with E-state index in [1.165, 1.54) is 6.33 Å². The summed E-state index contributed by atoms with van der Waals surface area (Å²) in [5.41, 5.74) is 5.21. The Morgan fingerprint density at radius 2 is 1.95 bits per heavy atom. The molecule has 2 aromatic carbocycles. The van der Waals surface area contributed by atoms with E-state index < -0.39 is 0 Å². The number of rotatable bonds is 5. The highest BCUT2D eigenvalue weighted by atomic mass is 16.5. The lowest BCUT2D eigenvalue weighted by Crippen LogP contribution is -2.44. The van der Waals surface area contributed by atoms with Crippen LogP contribution in [0.4, 0.5) is 17.5 Å². The molecule has 2 aliphatic rings. The Morgan fingerprint density at radius 3 is 2.81 bits per heavy atom. The van der Waals surface area contributed by atoms with Crippen molar-refractivity contribution >= 4 is 39.5 Å². The molecule has 0 unspecified atom stereocenters. The van der Waals surface area contributed by atoms with Gasteiger partial charge in [-0.25, -0.2) is 24.9 Å². The second kappa shape index (κ2) is 8.38. The van der Waals surface area contributed by atoms with Crippen molar-refractivity contribution < 1.29 is 9.47 Å². The van der Waals surface area contributed by atoms with Crippen molar-refractivity contribution in [3.05, 3.63) is 60.8 Å². The lowest BCUT2D eigenvalue weighted by molar-refractivity contribution is 0.0201. The summed E-state index contributed by atoms with van der Waals surface area (Å²) in [5, 5.41) is 3.41. The number of hydrogen-bond acceptors (Lipinski definition) is 9. The average molecular weight is 495 g/mol. The van der Waals surface area contributed by atoms with Crippen LogP contribution in [0.2, 0.25) is 0 Å². The van der Waals surface area contributed by atoms with Crippen LogP contribution >= 0.6 is 0 Å². The van der Waals surface area contributed by atoms with Crippen molar-refractivity contribution in [3.63, 3.8) is 0 Å². The number of anilines is 3. The number of nitrogens with zero attached hydrogens (tertiary/aromatic N) is 7. The van der Waals surface area contributed by atoms with E-state index in [2.05, 4.69) is 30.2 Å². The maximum Gasteiger partial charge on any atom is 0.226 e. The number of fused-ring (bicyclic) bond motifs is 2. The van der Waals surface area contributed by atoms with E-state index >= 15 is 0 Å². The molecule has 3 aromatic heterocycles. The number of morpholine rings is 1. The predicted molar refractivity (Wildman–Crippen MR) is 141 cm³/mol. The van der Waals surface area contributed by atoms with Crippen molar-refractivity contribution in [1.29, 1.82) is 0 Å². The fraction of sp³-hybridized carbons (Fsp3) is 0.296. The van der Waals surface area contributed by atoms with Gasteiger partial charge in [-0.15, -0.1) is 0 Å². The first kappa shape index (κ1) is 21.9. The molecule has 0 bridgehead atoms. The highest BCUT2D eigenvalue weighted by molar-refractivity contribution is 5.87. The molecule has 37 heavy (non-hydrogen) atoms. The molecule has 1 aliphatic carbocycles. The fourth-order valence-electron chi connectivity index (χ4n) is 4.83. The summed E-state index contributed by atoms with van der Waals surface area (Å²) in [4.78, 5) is 24.9. The summed E-state index contributed by atoms with van der Waals surface area (Å²) >= 11 is 0. The zero-order valence-electron chi connectivity index (χ0n) is 20.7. The van der Waals surface area contributed by atoms with Crippen LogP contribution in [0.3, 0.4) is 0 Å². The molecule has 2 fully saturated rings. The molecule has 1 N–H and O–H groups in total. The van der Waals surface area contributed by atoms with Crippen LogP contribution in [0.15, 0.2) is 55.2 Å². The molecule has 0 amide bonds. The number of ether oxygens (including phenoxy) is 2. The van der Waals surface area contributed by atoms with Crippen LogP contribution in [0.25, 0.3) is 22.1 Å². The van der Waals surface area contributed by atoms with Gasteiger partial charge in [-0.1, -0.05) is 0 Å². The van der Waals surface area contributed by atoms with Gasteiger partial charge in [0.05, 0.1) is 35.8 Å². The summed E-state index contributed by atoms with van der Waals surface area (Å²) < 4.78 is 14.1. The van der Waals surface area contributed by atoms with Gasteiger partial charge >= 0.3 is 0 Å². The minimum Gasteiger partial charge on any atom is -0.457 e. The Balaban J connectivity index is 1.13. The first-order valence-corrected chi connectivity index (χ1v) is 12.4. The second-order valence-corrected chi connectivity index (χ2v) is 9.79. The second-order valence-electron chi connectivity index (χ2n) is 9.79. The summed E-state index contributed by atoms with van der Waals surface area (Å²) in [6, 6.07) is 11.9. The third kappa shape index (κ3) is 4.09. The molecule has 1 aliphatic heterocycles. The molecule has 186 valence electrons. The molecule has 7 rings (SSSR count). The quantitative estimate of drug-likeness (QED) is 0.378. The van der Waals surface area contributed by atoms with E-state index in [1.54, 1.807) is 12.5 Å². The van der Waals surface area contributed by atoms with E-state index in [0.717, 1.165) is 59.7 Å². The van der Waals surface area contributed by atoms with Crippen LogP contribution in [0.5, 0.6) is 11.5 Å². The highest BCUT2D eigenvalue weighted by Crippen LogP contribution is 2.42. The topological polar surface area (TPSA) is 103 Å². The lowest BCUT2D eigenvalue weighted by atomic mass is 10.2. The minimum atomic E-state index is -0.00443. The van der Waals surface area contributed by atoms with Crippen molar-refractivity contribution in [2.24, 2.45) is 7.05 Å². The Kier molecular flexibility index (Phi) is 4.97. The Hall–Kier alpha value is -4.31. The summed E-state index contributed by atoms with van der Waals surface area (Å²) in [5.74, 6) is 2.85. The van der Waals surface area contributed by atoms with E-state index in [9.17, 15) is 0 Å². The van der Waals surface area contributed by atoms with Gasteiger partial charge in [-0.05, 0) is 55.7 Å². The van der Waals surface area contributed by atoms with Gasteiger partial charge in [0.1, 0.15) is 28.9 Å². The van der Waals surface area contributed by atoms with E-state index in [0.29, 0.717) is 29.4 Å². The van der Waals surface area contributed by atoms with Crippen molar-refractivity contribution in [2.75, 3.05) is 29.9 Å². The third-order valence-electron chi connectivity index (χ3n) is 7.07. The van der Waals surface area contributed by atoms with Gasteiger partial charge in [0, 0.05) is 31.9 Å².